The summed E-state index contributed by atoms with van der Waals surface area (Å²) < 4.78 is 27.4. The van der Waals surface area contributed by atoms with Crippen LogP contribution in [-0.2, 0) is 10.0 Å². The van der Waals surface area contributed by atoms with Crippen LogP contribution in [0, 0.1) is 0 Å². The number of nitrogen functional groups attached to an aromatic ring is 2. The minimum atomic E-state index is -3.74. The van der Waals surface area contributed by atoms with Gasteiger partial charge in [0, 0.05) is 28.0 Å². The first-order valence-corrected chi connectivity index (χ1v) is 12.1. The van der Waals surface area contributed by atoms with Gasteiger partial charge in [-0.15, -0.1) is 16.5 Å². The maximum Gasteiger partial charge on any atom is 0.263 e. The number of benzene rings is 3. The molecule has 11 heteroatoms. The van der Waals surface area contributed by atoms with Gasteiger partial charge in [0.15, 0.2) is 5.13 Å². The normalized spacial score (nSPS) is 12.0. The molecule has 0 amide bonds. The van der Waals surface area contributed by atoms with E-state index in [1.165, 1.54) is 29.7 Å². The lowest BCUT2D eigenvalue weighted by Crippen LogP contribution is -2.12. The van der Waals surface area contributed by atoms with Gasteiger partial charge in [-0.05, 0) is 48.5 Å². The van der Waals surface area contributed by atoms with Gasteiger partial charge in [0.1, 0.15) is 11.2 Å². The van der Waals surface area contributed by atoms with Crippen molar-refractivity contribution < 1.29 is 8.42 Å². The van der Waals surface area contributed by atoms with Crippen molar-refractivity contribution in [2.75, 3.05) is 16.2 Å². The molecule has 0 radical (unpaired) electrons. The Hall–Kier alpha value is -4.09. The lowest BCUT2D eigenvalue weighted by molar-refractivity contribution is 0.601. The van der Waals surface area contributed by atoms with Crippen molar-refractivity contribution in [3.8, 4) is 0 Å². The average molecular weight is 476 g/mol. The number of nitrogens with zero attached hydrogens (tertiary/aromatic N) is 4. The van der Waals surface area contributed by atoms with Gasteiger partial charge in [-0.2, -0.15) is 5.11 Å². The van der Waals surface area contributed by atoms with Crippen molar-refractivity contribution in [2.45, 2.75) is 4.90 Å². The number of nitrogens with two attached hydrogens (primary N) is 2. The second-order valence-corrected chi connectivity index (χ2v) is 9.73. The fraction of sp³-hybridized carbons (Fsp3) is 0. The fourth-order valence-corrected chi connectivity index (χ4v) is 5.05. The first-order valence-electron chi connectivity index (χ1n) is 9.72. The molecule has 0 atom stereocenters. The van der Waals surface area contributed by atoms with Gasteiger partial charge in [0.25, 0.3) is 10.0 Å². The summed E-state index contributed by atoms with van der Waals surface area (Å²) in [5, 5.41) is 12.4. The molecule has 5 N–H and O–H groups in total. The molecule has 2 aromatic heterocycles. The fourth-order valence-electron chi connectivity index (χ4n) is 3.26. The van der Waals surface area contributed by atoms with Crippen LogP contribution in [0.25, 0.3) is 21.8 Å². The highest BCUT2D eigenvalue weighted by molar-refractivity contribution is 7.93. The molecular formula is C22H17N7O2S2. The molecule has 9 nitrogen and oxygen atoms in total. The highest BCUT2D eigenvalue weighted by Crippen LogP contribution is 2.34. The first kappa shape index (κ1) is 20.8. The molecule has 2 heterocycles. The van der Waals surface area contributed by atoms with Gasteiger partial charge in [0.05, 0.1) is 21.8 Å². The third kappa shape index (κ3) is 4.19. The summed E-state index contributed by atoms with van der Waals surface area (Å²) in [5.74, 6) is 0. The van der Waals surface area contributed by atoms with Crippen molar-refractivity contribution in [3.63, 3.8) is 0 Å². The van der Waals surface area contributed by atoms with Crippen LogP contribution in [0.5, 0.6) is 0 Å². The maximum absolute atomic E-state index is 12.5. The molecule has 0 aliphatic carbocycles. The number of hydrogen-bond donors (Lipinski definition) is 3. The summed E-state index contributed by atoms with van der Waals surface area (Å²) in [5.41, 5.74) is 15.3. The van der Waals surface area contributed by atoms with E-state index in [1.54, 1.807) is 29.6 Å². The minimum absolute atomic E-state index is 0.0899. The van der Waals surface area contributed by atoms with Crippen molar-refractivity contribution >= 4 is 71.0 Å². The topological polar surface area (TPSA) is 149 Å². The number of aromatic nitrogens is 2. The molecule has 0 saturated heterocycles. The van der Waals surface area contributed by atoms with Crippen molar-refractivity contribution in [1.29, 1.82) is 0 Å². The monoisotopic (exact) mass is 475 g/mol. The van der Waals surface area contributed by atoms with Crippen LogP contribution >= 0.6 is 11.3 Å². The Kier molecular flexibility index (Phi) is 5.11. The predicted octanol–water partition coefficient (Wildman–Crippen LogP) is 5.23. The zero-order chi connectivity index (χ0) is 23.0. The van der Waals surface area contributed by atoms with Crippen LogP contribution in [-0.4, -0.2) is 18.4 Å². The summed E-state index contributed by atoms with van der Waals surface area (Å²) in [7, 11) is -3.74. The predicted molar refractivity (Wildman–Crippen MR) is 132 cm³/mol. The Morgan fingerprint density at radius 2 is 1.70 bits per heavy atom. The van der Waals surface area contributed by atoms with Gasteiger partial charge < -0.3 is 11.5 Å². The molecule has 0 aliphatic rings. The smallest absolute Gasteiger partial charge is 0.263 e. The second-order valence-electron chi connectivity index (χ2n) is 7.15. The summed E-state index contributed by atoms with van der Waals surface area (Å²) in [6.07, 6.45) is 1.53. The van der Waals surface area contributed by atoms with E-state index in [4.69, 9.17) is 11.5 Å². The molecular weight excluding hydrogens is 458 g/mol. The summed E-state index contributed by atoms with van der Waals surface area (Å²) in [6, 6.07) is 17.2. The maximum atomic E-state index is 12.5. The Morgan fingerprint density at radius 1 is 0.909 bits per heavy atom. The lowest BCUT2D eigenvalue weighted by Gasteiger charge is -2.07. The number of sulfonamides is 1. The van der Waals surface area contributed by atoms with Crippen LogP contribution < -0.4 is 16.2 Å². The first-order chi connectivity index (χ1) is 15.9. The number of thiazole rings is 1. The Balaban J connectivity index is 1.47. The van der Waals surface area contributed by atoms with Crippen LogP contribution in [0.15, 0.2) is 87.4 Å². The molecule has 5 aromatic rings. The number of pyridine rings is 1. The number of anilines is 3. The number of fused-ring (bicyclic) bond motifs is 2. The third-order valence-corrected chi connectivity index (χ3v) is 7.05. The van der Waals surface area contributed by atoms with Gasteiger partial charge >= 0.3 is 0 Å². The molecule has 33 heavy (non-hydrogen) atoms. The van der Waals surface area contributed by atoms with Crippen LogP contribution in [0.4, 0.5) is 27.9 Å². The van der Waals surface area contributed by atoms with Crippen molar-refractivity contribution in [2.24, 2.45) is 10.2 Å². The molecule has 0 unspecified atom stereocenters. The van der Waals surface area contributed by atoms with E-state index in [2.05, 4.69) is 24.9 Å². The quantitative estimate of drug-likeness (QED) is 0.180. The van der Waals surface area contributed by atoms with Gasteiger partial charge in [0.2, 0.25) is 0 Å². The van der Waals surface area contributed by atoms with Crippen LogP contribution in [0.1, 0.15) is 0 Å². The summed E-state index contributed by atoms with van der Waals surface area (Å²) >= 11 is 1.20. The van der Waals surface area contributed by atoms with Gasteiger partial charge in [-0.3, -0.25) is 4.72 Å². The number of hydrogen-bond acceptors (Lipinski definition) is 9. The van der Waals surface area contributed by atoms with Crippen molar-refractivity contribution in [1.82, 2.24) is 9.97 Å². The van der Waals surface area contributed by atoms with Gasteiger partial charge in [-0.1, -0.05) is 12.1 Å². The molecule has 164 valence electrons. The molecule has 0 saturated carbocycles. The highest BCUT2D eigenvalue weighted by atomic mass is 32.2. The molecule has 0 spiro atoms. The molecule has 0 fully saturated rings. The third-order valence-electron chi connectivity index (χ3n) is 4.88. The van der Waals surface area contributed by atoms with Crippen LogP contribution in [0.3, 0.4) is 0 Å². The second kappa shape index (κ2) is 8.11. The van der Waals surface area contributed by atoms with E-state index in [1.807, 2.05) is 24.3 Å². The number of nitrogens with one attached hydrogen (secondary N) is 1. The summed E-state index contributed by atoms with van der Waals surface area (Å²) in [4.78, 5) is 8.71. The molecule has 5 rings (SSSR count). The summed E-state index contributed by atoms with van der Waals surface area (Å²) in [6.45, 7) is 0. The van der Waals surface area contributed by atoms with Crippen LogP contribution in [0.2, 0.25) is 0 Å². The van der Waals surface area contributed by atoms with E-state index in [-0.39, 0.29) is 4.90 Å². The standard InChI is InChI=1S/C22H17N7O2S2/c23-15-3-1-13-11-14-2-8-18(24)21(20(14)26-19(13)12-15)28-27-16-4-6-17(7-5-16)33(30,31)29-22-25-9-10-32-22/h1-12H,23-24H2,(H,25,29). The van der Waals surface area contributed by atoms with E-state index in [0.717, 1.165) is 16.3 Å². The number of rotatable bonds is 5. The zero-order valence-corrected chi connectivity index (χ0v) is 18.6. The Bertz CT molecular complexity index is 1620. The highest BCUT2D eigenvalue weighted by Gasteiger charge is 2.15. The SMILES string of the molecule is Nc1ccc2cc3ccc(N)c(N=Nc4ccc(S(=O)(=O)Nc5nccs5)cc4)c3nc2c1. The average Bonchev–Trinajstić information content (AvgIpc) is 3.30. The number of azo groups is 1. The molecule has 0 aliphatic heterocycles. The van der Waals surface area contributed by atoms with Gasteiger partial charge in [-0.25, -0.2) is 18.4 Å². The largest absolute Gasteiger partial charge is 0.399 e. The zero-order valence-electron chi connectivity index (χ0n) is 17.0. The molecule has 3 aromatic carbocycles. The van der Waals surface area contributed by atoms with E-state index < -0.39 is 10.0 Å². The van der Waals surface area contributed by atoms with Crippen molar-refractivity contribution in [3.05, 3.63) is 72.2 Å². The van der Waals surface area contributed by atoms with E-state index in [0.29, 0.717) is 33.4 Å². The minimum Gasteiger partial charge on any atom is -0.399 e. The lowest BCUT2D eigenvalue weighted by atomic mass is 10.1. The van der Waals surface area contributed by atoms with E-state index >= 15 is 0 Å². The van der Waals surface area contributed by atoms with E-state index in [9.17, 15) is 8.42 Å². The molecule has 0 bridgehead atoms. The Morgan fingerprint density at radius 3 is 2.45 bits per heavy atom. The Labute approximate surface area is 192 Å².